The van der Waals surface area contributed by atoms with Crippen LogP contribution in [0, 0.1) is 0 Å². The number of aromatic nitrogens is 1. The van der Waals surface area contributed by atoms with E-state index in [2.05, 4.69) is 9.88 Å². The number of carbonyl (C=O) groups excluding carboxylic acids is 1. The molecule has 1 aliphatic rings. The summed E-state index contributed by atoms with van der Waals surface area (Å²) in [4.78, 5) is 31.7. The zero-order valence-corrected chi connectivity index (χ0v) is 14.1. The Kier molecular flexibility index (Phi) is 5.80. The monoisotopic (exact) mass is 335 g/mol. The zero-order valence-electron chi connectivity index (χ0n) is 13.2. The highest BCUT2D eigenvalue weighted by Gasteiger charge is 2.18. The second kappa shape index (κ2) is 7.62. The lowest BCUT2D eigenvalue weighted by Gasteiger charge is -2.30. The Morgan fingerprint density at radius 1 is 1.22 bits per heavy atom. The fourth-order valence-corrected chi connectivity index (χ4v) is 2.98. The van der Waals surface area contributed by atoms with Crippen LogP contribution in [0.4, 0.5) is 0 Å². The van der Waals surface area contributed by atoms with Gasteiger partial charge in [-0.1, -0.05) is 18.6 Å². The molecule has 2 aromatic rings. The summed E-state index contributed by atoms with van der Waals surface area (Å²) in [6.07, 6.45) is 3.65. The highest BCUT2D eigenvalue weighted by molar-refractivity contribution is 5.94. The van der Waals surface area contributed by atoms with Crippen molar-refractivity contribution in [2.24, 2.45) is 0 Å². The molecule has 0 bridgehead atoms. The third-order valence-electron chi connectivity index (χ3n) is 4.18. The van der Waals surface area contributed by atoms with Gasteiger partial charge in [0.1, 0.15) is 5.69 Å². The van der Waals surface area contributed by atoms with Crippen molar-refractivity contribution >= 4 is 29.2 Å². The van der Waals surface area contributed by atoms with Gasteiger partial charge in [-0.15, -0.1) is 12.4 Å². The highest BCUT2D eigenvalue weighted by Crippen LogP contribution is 2.11. The summed E-state index contributed by atoms with van der Waals surface area (Å²) in [5.74, 6) is -0.145. The summed E-state index contributed by atoms with van der Waals surface area (Å²) in [7, 11) is 1.78. The summed E-state index contributed by atoms with van der Waals surface area (Å²) >= 11 is 0. The molecule has 1 saturated heterocycles. The lowest BCUT2D eigenvalue weighted by molar-refractivity contribution is 0.0653. The number of nitrogens with one attached hydrogen (secondary N) is 1. The number of carbonyl (C=O) groups is 1. The van der Waals surface area contributed by atoms with Crippen LogP contribution >= 0.6 is 12.4 Å². The fourth-order valence-electron chi connectivity index (χ4n) is 2.98. The Morgan fingerprint density at radius 2 is 1.91 bits per heavy atom. The number of rotatable bonds is 3. The van der Waals surface area contributed by atoms with Crippen molar-refractivity contribution in [2.45, 2.75) is 19.3 Å². The molecule has 1 amide bonds. The van der Waals surface area contributed by atoms with Crippen LogP contribution in [0.2, 0.25) is 0 Å². The van der Waals surface area contributed by atoms with Gasteiger partial charge in [-0.2, -0.15) is 0 Å². The second-order valence-corrected chi connectivity index (χ2v) is 5.92. The van der Waals surface area contributed by atoms with E-state index >= 15 is 0 Å². The Balaban J connectivity index is 0.00000192. The van der Waals surface area contributed by atoms with Crippen molar-refractivity contribution in [3.05, 3.63) is 46.2 Å². The number of piperidine rings is 1. The maximum atomic E-state index is 12.5. The van der Waals surface area contributed by atoms with Gasteiger partial charge in [0.2, 0.25) is 0 Å². The molecule has 3 rings (SSSR count). The van der Waals surface area contributed by atoms with Crippen molar-refractivity contribution in [3.63, 3.8) is 0 Å². The fraction of sp³-hybridized carbons (Fsp3) is 0.412. The molecule has 23 heavy (non-hydrogen) atoms. The van der Waals surface area contributed by atoms with Gasteiger partial charge in [0.15, 0.2) is 5.43 Å². The molecule has 0 unspecified atom stereocenters. The van der Waals surface area contributed by atoms with E-state index in [0.717, 1.165) is 13.1 Å². The highest BCUT2D eigenvalue weighted by atomic mass is 35.5. The minimum Gasteiger partial charge on any atom is -0.350 e. The number of pyridine rings is 1. The number of hydrogen-bond donors (Lipinski definition) is 1. The second-order valence-electron chi connectivity index (χ2n) is 5.92. The van der Waals surface area contributed by atoms with E-state index in [0.29, 0.717) is 23.3 Å². The minimum absolute atomic E-state index is 0. The van der Waals surface area contributed by atoms with Gasteiger partial charge in [0, 0.05) is 24.0 Å². The molecule has 0 saturated carbocycles. The lowest BCUT2D eigenvalue weighted by atomic mass is 10.1. The molecule has 124 valence electrons. The van der Waals surface area contributed by atoms with Crippen LogP contribution in [-0.2, 0) is 0 Å². The molecule has 5 nitrogen and oxygen atoms in total. The molecule has 0 atom stereocenters. The van der Waals surface area contributed by atoms with Gasteiger partial charge in [-0.3, -0.25) is 14.5 Å². The zero-order chi connectivity index (χ0) is 15.5. The summed E-state index contributed by atoms with van der Waals surface area (Å²) in [5, 5.41) is 0.609. The molecule has 2 heterocycles. The number of hydrogen-bond acceptors (Lipinski definition) is 3. The molecule has 1 N–H and O–H groups in total. The number of amides is 1. The van der Waals surface area contributed by atoms with E-state index in [9.17, 15) is 9.59 Å². The molecule has 0 aliphatic carbocycles. The van der Waals surface area contributed by atoms with Crippen LogP contribution < -0.4 is 5.43 Å². The van der Waals surface area contributed by atoms with Gasteiger partial charge in [0.05, 0.1) is 6.67 Å². The number of H-pyrrole nitrogens is 1. The first kappa shape index (κ1) is 17.5. The van der Waals surface area contributed by atoms with Crippen molar-refractivity contribution in [1.29, 1.82) is 0 Å². The van der Waals surface area contributed by atoms with Gasteiger partial charge < -0.3 is 9.88 Å². The average molecular weight is 336 g/mol. The number of likely N-dealkylation sites (tertiary alicyclic amines) is 1. The molecule has 0 radical (unpaired) electrons. The van der Waals surface area contributed by atoms with Crippen LogP contribution in [0.5, 0.6) is 0 Å². The Hall–Kier alpha value is -1.85. The van der Waals surface area contributed by atoms with E-state index < -0.39 is 0 Å². The molecule has 0 spiro atoms. The molecule has 1 aromatic carbocycles. The van der Waals surface area contributed by atoms with Crippen molar-refractivity contribution < 1.29 is 4.79 Å². The van der Waals surface area contributed by atoms with Crippen molar-refractivity contribution in [1.82, 2.24) is 14.8 Å². The van der Waals surface area contributed by atoms with E-state index in [1.165, 1.54) is 25.3 Å². The summed E-state index contributed by atoms with van der Waals surface area (Å²) < 4.78 is 0. The third kappa shape index (κ3) is 3.92. The van der Waals surface area contributed by atoms with E-state index in [4.69, 9.17) is 0 Å². The van der Waals surface area contributed by atoms with E-state index in [-0.39, 0.29) is 23.7 Å². The first-order valence-corrected chi connectivity index (χ1v) is 7.75. The maximum Gasteiger partial charge on any atom is 0.271 e. The summed E-state index contributed by atoms with van der Waals surface area (Å²) in [6.45, 7) is 2.67. The first-order valence-electron chi connectivity index (χ1n) is 7.75. The summed E-state index contributed by atoms with van der Waals surface area (Å²) in [5.41, 5.74) is 0.928. The summed E-state index contributed by atoms with van der Waals surface area (Å²) in [6, 6.07) is 8.65. The predicted octanol–water partition coefficient (Wildman–Crippen LogP) is 2.47. The average Bonchev–Trinajstić information content (AvgIpc) is 2.55. The van der Waals surface area contributed by atoms with Crippen molar-refractivity contribution in [2.75, 3.05) is 26.8 Å². The number of halogens is 1. The minimum atomic E-state index is -0.145. The Bertz CT molecular complexity index is 738. The topological polar surface area (TPSA) is 56.4 Å². The number of benzene rings is 1. The van der Waals surface area contributed by atoms with E-state index in [1.807, 2.05) is 18.2 Å². The van der Waals surface area contributed by atoms with Crippen LogP contribution in [0.3, 0.4) is 0 Å². The molecule has 1 aliphatic heterocycles. The van der Waals surface area contributed by atoms with Gasteiger partial charge >= 0.3 is 0 Å². The normalized spacial score (nSPS) is 15.2. The van der Waals surface area contributed by atoms with Crippen LogP contribution in [0.15, 0.2) is 35.1 Å². The van der Waals surface area contributed by atoms with Crippen LogP contribution in [-0.4, -0.2) is 47.5 Å². The number of para-hydroxylation sites is 1. The maximum absolute atomic E-state index is 12.5. The predicted molar refractivity (Wildman–Crippen MR) is 94.2 cm³/mol. The number of nitrogens with zero attached hydrogens (tertiary/aromatic N) is 2. The Morgan fingerprint density at radius 3 is 2.65 bits per heavy atom. The molecular weight excluding hydrogens is 314 g/mol. The standard InChI is InChI=1S/C17H21N3O2.ClH/c1-19(12-20-9-5-2-6-10-20)17(22)15-11-16(21)13-7-3-4-8-14(13)18-15;/h3-4,7-8,11H,2,5-6,9-10,12H2,1H3,(H,18,21);1H. The lowest BCUT2D eigenvalue weighted by Crippen LogP contribution is -2.41. The van der Waals surface area contributed by atoms with Gasteiger partial charge in [0.25, 0.3) is 5.91 Å². The SMILES string of the molecule is CN(CN1CCCCC1)C(=O)c1cc(=O)c2ccccc2[nH]1.Cl. The quantitative estimate of drug-likeness (QED) is 0.937. The smallest absolute Gasteiger partial charge is 0.271 e. The molecule has 6 heteroatoms. The van der Waals surface area contributed by atoms with Crippen LogP contribution in [0.1, 0.15) is 29.8 Å². The van der Waals surface area contributed by atoms with E-state index in [1.54, 1.807) is 18.0 Å². The third-order valence-corrected chi connectivity index (χ3v) is 4.18. The molecular formula is C17H22ClN3O2. The molecule has 1 aromatic heterocycles. The van der Waals surface area contributed by atoms with Crippen molar-refractivity contribution in [3.8, 4) is 0 Å². The first-order chi connectivity index (χ1) is 10.6. The largest absolute Gasteiger partial charge is 0.350 e. The van der Waals surface area contributed by atoms with Crippen LogP contribution in [0.25, 0.3) is 10.9 Å². The number of fused-ring (bicyclic) bond motifs is 1. The number of aromatic amines is 1. The Labute approximate surface area is 141 Å². The van der Waals surface area contributed by atoms with Gasteiger partial charge in [-0.25, -0.2) is 0 Å². The molecule has 1 fully saturated rings. The van der Waals surface area contributed by atoms with Gasteiger partial charge in [-0.05, 0) is 38.1 Å².